The molecule has 0 rings (SSSR count). The van der Waals surface area contributed by atoms with Crippen LogP contribution in [0.5, 0.6) is 0 Å². The summed E-state index contributed by atoms with van der Waals surface area (Å²) in [7, 11) is 2.43. The van der Waals surface area contributed by atoms with E-state index in [9.17, 15) is 0 Å². The van der Waals surface area contributed by atoms with Gasteiger partial charge in [0.15, 0.2) is 0 Å². The maximum Gasteiger partial charge on any atom is 0.0859 e. The summed E-state index contributed by atoms with van der Waals surface area (Å²) >= 11 is 0. The molecule has 1 unspecified atom stereocenters. The maximum absolute atomic E-state index is 2.46. The van der Waals surface area contributed by atoms with Gasteiger partial charge < -0.3 is 4.48 Å². The molecule has 1 atom stereocenters. The molecule has 0 bridgehead atoms. The van der Waals surface area contributed by atoms with Crippen LogP contribution in [0.15, 0.2) is 0 Å². The smallest absolute Gasteiger partial charge is 0.0859 e. The Hall–Kier alpha value is -0.0400. The van der Waals surface area contributed by atoms with E-state index in [1.54, 1.807) is 0 Å². The van der Waals surface area contributed by atoms with Crippen molar-refractivity contribution in [1.29, 1.82) is 0 Å². The molecule has 0 aliphatic heterocycles. The molecular formula is C29H62N+. The zero-order valence-electron chi connectivity index (χ0n) is 22.3. The monoisotopic (exact) mass is 424 g/mol. The molecule has 0 N–H and O–H groups in total. The van der Waals surface area contributed by atoms with Crippen LogP contribution in [0.4, 0.5) is 0 Å². The largest absolute Gasteiger partial charge is 0.324 e. The second kappa shape index (κ2) is 22.2. The summed E-state index contributed by atoms with van der Waals surface area (Å²) in [5.41, 5.74) is 0. The summed E-state index contributed by atoms with van der Waals surface area (Å²) in [5.74, 6) is 0. The first kappa shape index (κ1) is 30.0. The van der Waals surface area contributed by atoms with Crippen molar-refractivity contribution in [3.05, 3.63) is 0 Å². The van der Waals surface area contributed by atoms with Gasteiger partial charge in [0.1, 0.15) is 0 Å². The molecule has 1 heteroatoms. The highest BCUT2D eigenvalue weighted by Gasteiger charge is 2.24. The molecule has 0 aromatic heterocycles. The molecule has 182 valence electrons. The fraction of sp³-hybridized carbons (Fsp3) is 1.00. The minimum absolute atomic E-state index is 0.829. The number of nitrogens with zero attached hydrogens (tertiary/aromatic N) is 1. The Bertz CT molecular complexity index is 320. The molecule has 0 heterocycles. The van der Waals surface area contributed by atoms with Crippen molar-refractivity contribution in [1.82, 2.24) is 0 Å². The molecule has 0 aromatic rings. The summed E-state index contributed by atoms with van der Waals surface area (Å²) in [6.45, 7) is 12.0. The van der Waals surface area contributed by atoms with E-state index >= 15 is 0 Å². The van der Waals surface area contributed by atoms with Gasteiger partial charge in [-0.15, -0.1) is 0 Å². The van der Waals surface area contributed by atoms with Gasteiger partial charge in [0.05, 0.1) is 26.2 Å². The van der Waals surface area contributed by atoms with E-state index < -0.39 is 0 Å². The van der Waals surface area contributed by atoms with Crippen molar-refractivity contribution in [2.45, 2.75) is 169 Å². The lowest BCUT2D eigenvalue weighted by molar-refractivity contribution is -0.928. The minimum Gasteiger partial charge on any atom is -0.324 e. The van der Waals surface area contributed by atoms with Crippen molar-refractivity contribution >= 4 is 0 Å². The normalized spacial score (nSPS) is 13.1. The molecule has 30 heavy (non-hydrogen) atoms. The Labute approximate surface area is 193 Å². The van der Waals surface area contributed by atoms with E-state index in [-0.39, 0.29) is 0 Å². The van der Waals surface area contributed by atoms with Gasteiger partial charge in [-0.05, 0) is 33.6 Å². The molecule has 0 amide bonds. The first-order valence-electron chi connectivity index (χ1n) is 14.4. The highest BCUT2D eigenvalue weighted by molar-refractivity contribution is 4.55. The molecule has 0 aromatic carbocycles. The number of hydrogen-bond acceptors (Lipinski definition) is 0. The number of rotatable bonds is 24. The Morgan fingerprint density at radius 3 is 0.967 bits per heavy atom. The van der Waals surface area contributed by atoms with Crippen LogP contribution in [-0.2, 0) is 0 Å². The van der Waals surface area contributed by atoms with Gasteiger partial charge in [0, 0.05) is 0 Å². The molecule has 0 spiro atoms. The van der Waals surface area contributed by atoms with Crippen molar-refractivity contribution in [3.8, 4) is 0 Å². The van der Waals surface area contributed by atoms with Gasteiger partial charge >= 0.3 is 0 Å². The van der Waals surface area contributed by atoms with Crippen LogP contribution in [0.2, 0.25) is 0 Å². The summed E-state index contributed by atoms with van der Waals surface area (Å²) in [5, 5.41) is 0. The van der Waals surface area contributed by atoms with E-state index in [1.807, 2.05) is 0 Å². The first-order chi connectivity index (χ1) is 14.6. The third-order valence-electron chi connectivity index (χ3n) is 7.98. The predicted molar refractivity (Wildman–Crippen MR) is 139 cm³/mol. The van der Waals surface area contributed by atoms with Crippen LogP contribution in [0.1, 0.15) is 163 Å². The average Bonchev–Trinajstić information content (AvgIpc) is 2.77. The Balaban J connectivity index is 3.20. The van der Waals surface area contributed by atoms with E-state index in [2.05, 4.69) is 34.7 Å². The van der Waals surface area contributed by atoms with Crippen molar-refractivity contribution in [2.75, 3.05) is 20.1 Å². The Morgan fingerprint density at radius 2 is 0.700 bits per heavy atom. The van der Waals surface area contributed by atoms with Crippen molar-refractivity contribution < 1.29 is 4.48 Å². The number of hydrogen-bond donors (Lipinski definition) is 0. The second-order valence-corrected chi connectivity index (χ2v) is 10.5. The maximum atomic E-state index is 2.46. The lowest BCUT2D eigenvalue weighted by atomic mass is 10.0. The van der Waals surface area contributed by atoms with Gasteiger partial charge in [-0.2, -0.15) is 0 Å². The van der Waals surface area contributed by atoms with Crippen LogP contribution in [0.25, 0.3) is 0 Å². The summed E-state index contributed by atoms with van der Waals surface area (Å²) in [6.07, 6.45) is 30.8. The van der Waals surface area contributed by atoms with Gasteiger partial charge in [0.25, 0.3) is 0 Å². The van der Waals surface area contributed by atoms with Crippen LogP contribution >= 0.6 is 0 Å². The van der Waals surface area contributed by atoms with Crippen LogP contribution in [0, 0.1) is 0 Å². The van der Waals surface area contributed by atoms with Crippen molar-refractivity contribution in [3.63, 3.8) is 0 Å². The molecular weight excluding hydrogens is 362 g/mol. The highest BCUT2D eigenvalue weighted by atomic mass is 15.3. The van der Waals surface area contributed by atoms with Gasteiger partial charge in [-0.25, -0.2) is 0 Å². The second-order valence-electron chi connectivity index (χ2n) is 10.5. The standard InChI is InChI=1S/C29H62N/c1-6-9-10-11-12-13-14-15-16-17-18-19-20-21-22-23-24-25-26-27-28-29(4)30(5,7-2)8-3/h29H,6-28H2,1-5H3/q+1. The Morgan fingerprint density at radius 1 is 0.433 bits per heavy atom. The van der Waals surface area contributed by atoms with Crippen LogP contribution in [-0.4, -0.2) is 30.7 Å². The quantitative estimate of drug-likeness (QED) is 0.107. The highest BCUT2D eigenvalue weighted by Crippen LogP contribution is 2.18. The lowest BCUT2D eigenvalue weighted by Crippen LogP contribution is -2.50. The van der Waals surface area contributed by atoms with Crippen LogP contribution in [0.3, 0.4) is 0 Å². The lowest BCUT2D eigenvalue weighted by Gasteiger charge is -2.38. The van der Waals surface area contributed by atoms with E-state index in [0.29, 0.717) is 0 Å². The predicted octanol–water partition coefficient (Wildman–Crippen LogP) is 10.1. The molecule has 0 saturated carbocycles. The average molecular weight is 425 g/mol. The molecule has 0 fully saturated rings. The number of quaternary nitrogens is 1. The summed E-state index contributed by atoms with van der Waals surface area (Å²) in [6, 6.07) is 0.829. The number of unbranched alkanes of at least 4 members (excludes halogenated alkanes) is 19. The topological polar surface area (TPSA) is 0 Å². The zero-order chi connectivity index (χ0) is 22.3. The fourth-order valence-corrected chi connectivity index (χ4v) is 4.85. The molecule has 1 nitrogen and oxygen atoms in total. The van der Waals surface area contributed by atoms with E-state index in [4.69, 9.17) is 0 Å². The molecule has 0 saturated heterocycles. The van der Waals surface area contributed by atoms with Gasteiger partial charge in [-0.3, -0.25) is 0 Å². The SMILES string of the molecule is CCCCCCCCCCCCCCCCCCCCCCC(C)[N+](C)(CC)CC. The third kappa shape index (κ3) is 17.6. The summed E-state index contributed by atoms with van der Waals surface area (Å²) < 4.78 is 1.25. The van der Waals surface area contributed by atoms with E-state index in [0.717, 1.165) is 6.04 Å². The van der Waals surface area contributed by atoms with Crippen molar-refractivity contribution in [2.24, 2.45) is 0 Å². The minimum atomic E-state index is 0.829. The fourth-order valence-electron chi connectivity index (χ4n) is 4.85. The van der Waals surface area contributed by atoms with Gasteiger partial charge in [0.2, 0.25) is 0 Å². The molecule has 0 radical (unpaired) electrons. The first-order valence-corrected chi connectivity index (χ1v) is 14.4. The summed E-state index contributed by atoms with van der Waals surface area (Å²) in [4.78, 5) is 0. The van der Waals surface area contributed by atoms with Crippen LogP contribution < -0.4 is 0 Å². The zero-order valence-corrected chi connectivity index (χ0v) is 22.3. The molecule has 0 aliphatic rings. The van der Waals surface area contributed by atoms with Gasteiger partial charge in [-0.1, -0.05) is 129 Å². The van der Waals surface area contributed by atoms with E-state index in [1.165, 1.54) is 152 Å². The molecule has 0 aliphatic carbocycles. The Kier molecular flexibility index (Phi) is 22.1. The third-order valence-corrected chi connectivity index (χ3v) is 7.98.